The second kappa shape index (κ2) is 10.3. The van der Waals surface area contributed by atoms with Crippen molar-refractivity contribution in [1.82, 2.24) is 10.2 Å². The van der Waals surface area contributed by atoms with Crippen LogP contribution in [0.15, 0.2) is 24.3 Å². The van der Waals surface area contributed by atoms with Gasteiger partial charge in [-0.3, -0.25) is 9.59 Å². The highest BCUT2D eigenvalue weighted by Crippen LogP contribution is 2.19. The van der Waals surface area contributed by atoms with Gasteiger partial charge < -0.3 is 15.0 Å². The molecule has 31 heavy (non-hydrogen) atoms. The molecule has 8 nitrogen and oxygen atoms in total. The topological polar surface area (TPSA) is 110 Å². The lowest BCUT2D eigenvalue weighted by atomic mass is 10.0. The summed E-state index contributed by atoms with van der Waals surface area (Å²) in [7, 11) is -3.15. The number of rotatable bonds is 8. The Labute approximate surface area is 184 Å². The molecule has 1 aromatic carbocycles. The summed E-state index contributed by atoms with van der Waals surface area (Å²) in [6.07, 6.45) is -0.711. The van der Waals surface area contributed by atoms with Gasteiger partial charge in [-0.05, 0) is 45.2 Å². The Balaban J connectivity index is 2.04. The lowest BCUT2D eigenvalue weighted by Gasteiger charge is -2.30. The standard InChI is InChI=1S/C22H32N2O6S/c1-6-24(18-11-12-31(28,29)13-18)21(26)16(5)30-22(27)19(14(2)3)23-20(25)17-9-7-15(4)8-10-17/h7-10,14,16,18-19H,6,11-13H2,1-5H3,(H,23,25)/t16?,18?,19-/m0/s1. The summed E-state index contributed by atoms with van der Waals surface area (Å²) < 4.78 is 28.9. The van der Waals surface area contributed by atoms with E-state index in [1.54, 1.807) is 45.0 Å². The van der Waals surface area contributed by atoms with Gasteiger partial charge in [0.05, 0.1) is 11.5 Å². The molecule has 1 N–H and O–H groups in total. The molecule has 1 aromatic rings. The van der Waals surface area contributed by atoms with E-state index in [9.17, 15) is 22.8 Å². The molecule has 3 atom stereocenters. The van der Waals surface area contributed by atoms with Gasteiger partial charge in [0.1, 0.15) is 6.04 Å². The van der Waals surface area contributed by atoms with Gasteiger partial charge in [0.15, 0.2) is 15.9 Å². The highest BCUT2D eigenvalue weighted by atomic mass is 32.2. The van der Waals surface area contributed by atoms with Gasteiger partial charge >= 0.3 is 5.97 Å². The van der Waals surface area contributed by atoms with E-state index in [-0.39, 0.29) is 17.4 Å². The molecule has 172 valence electrons. The van der Waals surface area contributed by atoms with Crippen LogP contribution < -0.4 is 5.32 Å². The van der Waals surface area contributed by atoms with Crippen LogP contribution >= 0.6 is 0 Å². The van der Waals surface area contributed by atoms with Crippen LogP contribution in [0.3, 0.4) is 0 Å². The number of aryl methyl sites for hydroxylation is 1. The first-order valence-electron chi connectivity index (χ1n) is 10.5. The Kier molecular flexibility index (Phi) is 8.22. The van der Waals surface area contributed by atoms with Crippen LogP contribution in [0.4, 0.5) is 0 Å². The number of carbonyl (C=O) groups excluding carboxylic acids is 3. The molecule has 2 rings (SSSR count). The average Bonchev–Trinajstić information content (AvgIpc) is 3.05. The average molecular weight is 453 g/mol. The van der Waals surface area contributed by atoms with Crippen molar-refractivity contribution in [3.05, 3.63) is 35.4 Å². The Morgan fingerprint density at radius 3 is 2.26 bits per heavy atom. The van der Waals surface area contributed by atoms with Crippen molar-refractivity contribution in [2.45, 2.75) is 59.2 Å². The number of hydrogen-bond acceptors (Lipinski definition) is 6. The zero-order valence-electron chi connectivity index (χ0n) is 18.8. The van der Waals surface area contributed by atoms with Gasteiger partial charge in [-0.25, -0.2) is 13.2 Å². The molecule has 0 spiro atoms. The van der Waals surface area contributed by atoms with Gasteiger partial charge in [-0.1, -0.05) is 31.5 Å². The first-order valence-corrected chi connectivity index (χ1v) is 12.4. The van der Waals surface area contributed by atoms with Crippen LogP contribution in [0.2, 0.25) is 0 Å². The molecule has 1 saturated heterocycles. The van der Waals surface area contributed by atoms with Crippen LogP contribution in [0.1, 0.15) is 50.0 Å². The van der Waals surface area contributed by atoms with Crippen molar-refractivity contribution >= 4 is 27.6 Å². The quantitative estimate of drug-likeness (QED) is 0.602. The smallest absolute Gasteiger partial charge is 0.329 e. The van der Waals surface area contributed by atoms with Crippen molar-refractivity contribution in [1.29, 1.82) is 0 Å². The zero-order chi connectivity index (χ0) is 23.3. The summed E-state index contributed by atoms with van der Waals surface area (Å²) in [4.78, 5) is 39.6. The fourth-order valence-corrected chi connectivity index (χ4v) is 5.30. The summed E-state index contributed by atoms with van der Waals surface area (Å²) >= 11 is 0. The molecule has 1 aliphatic heterocycles. The first kappa shape index (κ1) is 24.8. The van der Waals surface area contributed by atoms with Crippen LogP contribution in [0.25, 0.3) is 0 Å². The normalized spacial score (nSPS) is 19.5. The zero-order valence-corrected chi connectivity index (χ0v) is 19.6. The Hall–Kier alpha value is -2.42. The van der Waals surface area contributed by atoms with Gasteiger partial charge in [0.25, 0.3) is 11.8 Å². The molecule has 1 heterocycles. The van der Waals surface area contributed by atoms with E-state index >= 15 is 0 Å². The number of esters is 1. The summed E-state index contributed by atoms with van der Waals surface area (Å²) in [5.74, 6) is -1.82. The molecule has 0 aromatic heterocycles. The van der Waals surface area contributed by atoms with Gasteiger partial charge in [-0.15, -0.1) is 0 Å². The first-order chi connectivity index (χ1) is 14.4. The van der Waals surface area contributed by atoms with E-state index in [4.69, 9.17) is 4.74 Å². The lowest BCUT2D eigenvalue weighted by molar-refractivity contribution is -0.162. The maximum atomic E-state index is 12.8. The van der Waals surface area contributed by atoms with E-state index in [0.29, 0.717) is 18.5 Å². The fraction of sp³-hybridized carbons (Fsp3) is 0.591. The number of hydrogen-bond donors (Lipinski definition) is 1. The van der Waals surface area contributed by atoms with Crippen LogP contribution in [0.5, 0.6) is 0 Å². The number of benzene rings is 1. The van der Waals surface area contributed by atoms with Crippen LogP contribution in [0, 0.1) is 12.8 Å². The number of carbonyl (C=O) groups is 3. The largest absolute Gasteiger partial charge is 0.451 e. The minimum atomic E-state index is -3.15. The highest BCUT2D eigenvalue weighted by molar-refractivity contribution is 7.91. The molecule has 2 unspecified atom stereocenters. The summed E-state index contributed by atoms with van der Waals surface area (Å²) in [6.45, 7) is 9.00. The Bertz CT molecular complexity index is 910. The van der Waals surface area contributed by atoms with E-state index in [0.717, 1.165) is 5.56 Å². The SMILES string of the molecule is CCN(C(=O)C(C)OC(=O)[C@@H](NC(=O)c1ccc(C)cc1)C(C)C)C1CCS(=O)(=O)C1. The molecule has 0 aliphatic carbocycles. The van der Waals surface area contributed by atoms with Crippen molar-refractivity contribution in [2.24, 2.45) is 5.92 Å². The van der Waals surface area contributed by atoms with E-state index in [1.165, 1.54) is 11.8 Å². The third-order valence-corrected chi connectivity index (χ3v) is 7.18. The summed E-state index contributed by atoms with van der Waals surface area (Å²) in [5.41, 5.74) is 1.44. The summed E-state index contributed by atoms with van der Waals surface area (Å²) in [5, 5.41) is 2.69. The van der Waals surface area contributed by atoms with Gasteiger partial charge in [0, 0.05) is 18.2 Å². The van der Waals surface area contributed by atoms with Gasteiger partial charge in [-0.2, -0.15) is 0 Å². The number of sulfone groups is 1. The molecule has 0 bridgehead atoms. The third kappa shape index (κ3) is 6.53. The number of nitrogens with one attached hydrogen (secondary N) is 1. The third-order valence-electron chi connectivity index (χ3n) is 5.43. The molecule has 1 fully saturated rings. The van der Waals surface area contributed by atoms with E-state index in [1.807, 2.05) is 6.92 Å². The molecular formula is C22H32N2O6S. The van der Waals surface area contributed by atoms with Crippen LogP contribution in [-0.2, 0) is 24.2 Å². The minimum Gasteiger partial charge on any atom is -0.451 e. The second-order valence-electron chi connectivity index (χ2n) is 8.32. The highest BCUT2D eigenvalue weighted by Gasteiger charge is 2.37. The second-order valence-corrected chi connectivity index (χ2v) is 10.6. The number of ether oxygens (including phenoxy) is 1. The van der Waals surface area contributed by atoms with Crippen molar-refractivity contribution < 1.29 is 27.5 Å². The number of likely N-dealkylation sites (N-methyl/N-ethyl adjacent to an activating group) is 1. The van der Waals surface area contributed by atoms with Crippen molar-refractivity contribution in [3.8, 4) is 0 Å². The molecule has 2 amide bonds. The Morgan fingerprint density at radius 1 is 1.16 bits per heavy atom. The molecular weight excluding hydrogens is 420 g/mol. The van der Waals surface area contributed by atoms with E-state index in [2.05, 4.69) is 5.32 Å². The van der Waals surface area contributed by atoms with Crippen LogP contribution in [-0.4, -0.2) is 67.3 Å². The predicted octanol–water partition coefficient (Wildman–Crippen LogP) is 1.72. The maximum Gasteiger partial charge on any atom is 0.329 e. The summed E-state index contributed by atoms with van der Waals surface area (Å²) in [6, 6.07) is 5.63. The predicted molar refractivity (Wildman–Crippen MR) is 117 cm³/mol. The maximum absolute atomic E-state index is 12.8. The van der Waals surface area contributed by atoms with Gasteiger partial charge in [0.2, 0.25) is 0 Å². The number of amides is 2. The van der Waals surface area contributed by atoms with Crippen molar-refractivity contribution in [2.75, 3.05) is 18.1 Å². The monoisotopic (exact) mass is 452 g/mol. The van der Waals surface area contributed by atoms with E-state index < -0.39 is 45.8 Å². The Morgan fingerprint density at radius 2 is 1.77 bits per heavy atom. The minimum absolute atomic E-state index is 0.0517. The lowest BCUT2D eigenvalue weighted by Crippen LogP contribution is -2.50. The van der Waals surface area contributed by atoms with Crippen molar-refractivity contribution in [3.63, 3.8) is 0 Å². The molecule has 9 heteroatoms. The fourth-order valence-electron chi connectivity index (χ4n) is 3.57. The molecule has 0 saturated carbocycles. The molecule has 0 radical (unpaired) electrons. The molecule has 1 aliphatic rings. The number of nitrogens with zero attached hydrogens (tertiary/aromatic N) is 1.